The first-order valence-electron chi connectivity index (χ1n) is 13.0. The molecule has 5 nitrogen and oxygen atoms in total. The summed E-state index contributed by atoms with van der Waals surface area (Å²) in [4.78, 5) is 28.3. The summed E-state index contributed by atoms with van der Waals surface area (Å²) in [5.74, 6) is -0.363. The second-order valence-corrected chi connectivity index (χ2v) is 8.77. The van der Waals surface area contributed by atoms with Crippen LogP contribution in [0, 0.1) is 0 Å². The fourth-order valence-electron chi connectivity index (χ4n) is 4.02. The Morgan fingerprint density at radius 2 is 1.41 bits per heavy atom. The summed E-state index contributed by atoms with van der Waals surface area (Å²) in [6.45, 7) is 4.62. The van der Waals surface area contributed by atoms with Crippen molar-refractivity contribution in [1.82, 2.24) is 10.3 Å². The topological polar surface area (TPSA) is 68.3 Å². The Labute approximate surface area is 196 Å². The monoisotopic (exact) mass is 446 g/mol. The number of nitrogens with zero attached hydrogens (tertiary/aromatic N) is 1. The lowest BCUT2D eigenvalue weighted by molar-refractivity contribution is -0.168. The lowest BCUT2D eigenvalue weighted by atomic mass is 10.0. The lowest BCUT2D eigenvalue weighted by Gasteiger charge is -2.28. The van der Waals surface area contributed by atoms with E-state index in [1.165, 1.54) is 77.0 Å². The SMILES string of the molecule is CCCCCCCCCCCCCCCCCC(=O)OC(C=O)(NCC)c1ccccn1. The molecule has 182 valence electrons. The Bertz CT molecular complexity index is 594. The van der Waals surface area contributed by atoms with Crippen molar-refractivity contribution >= 4 is 12.3 Å². The van der Waals surface area contributed by atoms with Crippen LogP contribution in [0.5, 0.6) is 0 Å². The average Bonchev–Trinajstić information content (AvgIpc) is 2.81. The summed E-state index contributed by atoms with van der Waals surface area (Å²) in [5, 5.41) is 2.97. The van der Waals surface area contributed by atoms with Crippen LogP contribution < -0.4 is 5.32 Å². The van der Waals surface area contributed by atoms with Gasteiger partial charge in [-0.25, -0.2) is 0 Å². The molecule has 5 heteroatoms. The zero-order valence-electron chi connectivity index (χ0n) is 20.6. The van der Waals surface area contributed by atoms with Crippen LogP contribution in [0.2, 0.25) is 0 Å². The van der Waals surface area contributed by atoms with E-state index in [1.54, 1.807) is 24.4 Å². The van der Waals surface area contributed by atoms with Gasteiger partial charge in [0.05, 0.1) is 0 Å². The van der Waals surface area contributed by atoms with Gasteiger partial charge in [0.1, 0.15) is 5.69 Å². The average molecular weight is 447 g/mol. The Balaban J connectivity index is 2.08. The van der Waals surface area contributed by atoms with E-state index in [1.807, 2.05) is 6.92 Å². The van der Waals surface area contributed by atoms with Gasteiger partial charge < -0.3 is 4.74 Å². The van der Waals surface area contributed by atoms with Crippen LogP contribution >= 0.6 is 0 Å². The molecule has 0 radical (unpaired) electrons. The minimum atomic E-state index is -1.50. The van der Waals surface area contributed by atoms with E-state index < -0.39 is 5.72 Å². The van der Waals surface area contributed by atoms with Gasteiger partial charge in [0.25, 0.3) is 5.72 Å². The zero-order valence-corrected chi connectivity index (χ0v) is 20.6. The molecule has 1 atom stereocenters. The predicted molar refractivity (Wildman–Crippen MR) is 131 cm³/mol. The standard InChI is InChI=1S/C27H46N2O3/c1-3-5-6-7-8-9-10-11-12-13-14-15-16-17-18-22-26(31)32-27(24-30,29-4-2)25-21-19-20-23-28-25/h19-21,23-24,29H,3-18,22H2,1-2H3. The Morgan fingerprint density at radius 1 is 0.875 bits per heavy atom. The second-order valence-electron chi connectivity index (χ2n) is 8.77. The van der Waals surface area contributed by atoms with Gasteiger partial charge >= 0.3 is 5.97 Å². The molecule has 0 amide bonds. The molecule has 1 rings (SSSR count). The molecular weight excluding hydrogens is 400 g/mol. The number of carbonyl (C=O) groups is 2. The van der Waals surface area contributed by atoms with E-state index in [4.69, 9.17) is 4.74 Å². The molecule has 1 unspecified atom stereocenters. The number of likely N-dealkylation sites (N-methyl/N-ethyl adjacent to an activating group) is 1. The maximum absolute atomic E-state index is 12.4. The molecule has 0 aliphatic rings. The Kier molecular flexibility index (Phi) is 16.6. The van der Waals surface area contributed by atoms with Crippen molar-refractivity contribution in [3.63, 3.8) is 0 Å². The van der Waals surface area contributed by atoms with Crippen molar-refractivity contribution < 1.29 is 14.3 Å². The number of hydrogen-bond donors (Lipinski definition) is 1. The highest BCUT2D eigenvalue weighted by molar-refractivity contribution is 5.75. The number of carbonyl (C=O) groups excluding carboxylic acids is 2. The molecular formula is C27H46N2O3. The van der Waals surface area contributed by atoms with Gasteiger partial charge in [-0.3, -0.25) is 19.9 Å². The van der Waals surface area contributed by atoms with E-state index in [9.17, 15) is 9.59 Å². The number of hydrogen-bond acceptors (Lipinski definition) is 5. The fourth-order valence-corrected chi connectivity index (χ4v) is 4.02. The van der Waals surface area contributed by atoms with Crippen LogP contribution in [-0.4, -0.2) is 23.8 Å². The smallest absolute Gasteiger partial charge is 0.308 e. The molecule has 1 N–H and O–H groups in total. The fraction of sp³-hybridized carbons (Fsp3) is 0.741. The quantitative estimate of drug-likeness (QED) is 0.0968. The normalized spacial score (nSPS) is 12.9. The number of esters is 1. The van der Waals surface area contributed by atoms with Gasteiger partial charge in [-0.1, -0.05) is 110 Å². The highest BCUT2D eigenvalue weighted by Crippen LogP contribution is 2.20. The van der Waals surface area contributed by atoms with Crippen LogP contribution in [-0.2, 0) is 20.1 Å². The van der Waals surface area contributed by atoms with Gasteiger partial charge in [-0.15, -0.1) is 0 Å². The van der Waals surface area contributed by atoms with Crippen LogP contribution in [0.25, 0.3) is 0 Å². The molecule has 0 saturated heterocycles. The van der Waals surface area contributed by atoms with E-state index in [0.29, 0.717) is 24.9 Å². The van der Waals surface area contributed by atoms with E-state index in [-0.39, 0.29) is 5.97 Å². The summed E-state index contributed by atoms with van der Waals surface area (Å²) in [5.41, 5.74) is -1.09. The molecule has 0 aliphatic carbocycles. The van der Waals surface area contributed by atoms with Crippen molar-refractivity contribution in [2.45, 2.75) is 122 Å². The highest BCUT2D eigenvalue weighted by Gasteiger charge is 2.36. The van der Waals surface area contributed by atoms with Crippen LogP contribution in [0.15, 0.2) is 24.4 Å². The molecule has 32 heavy (non-hydrogen) atoms. The van der Waals surface area contributed by atoms with E-state index in [2.05, 4.69) is 17.2 Å². The minimum Gasteiger partial charge on any atom is -0.430 e. The van der Waals surface area contributed by atoms with E-state index in [0.717, 1.165) is 19.3 Å². The molecule has 0 fully saturated rings. The van der Waals surface area contributed by atoms with E-state index >= 15 is 0 Å². The first kappa shape index (κ1) is 28.3. The molecule has 0 bridgehead atoms. The largest absolute Gasteiger partial charge is 0.430 e. The van der Waals surface area contributed by atoms with Crippen LogP contribution in [0.3, 0.4) is 0 Å². The highest BCUT2D eigenvalue weighted by atomic mass is 16.6. The molecule has 1 heterocycles. The van der Waals surface area contributed by atoms with Crippen molar-refractivity contribution in [3.8, 4) is 0 Å². The summed E-state index contributed by atoms with van der Waals surface area (Å²) < 4.78 is 5.55. The van der Waals surface area contributed by atoms with Gasteiger partial charge in [0.2, 0.25) is 0 Å². The second kappa shape index (κ2) is 18.8. The maximum atomic E-state index is 12.4. The number of unbranched alkanes of at least 4 members (excludes halogenated alkanes) is 14. The van der Waals surface area contributed by atoms with Crippen molar-refractivity contribution in [2.24, 2.45) is 0 Å². The number of nitrogens with one attached hydrogen (secondary N) is 1. The Hall–Kier alpha value is -1.75. The summed E-state index contributed by atoms with van der Waals surface area (Å²) in [6, 6.07) is 5.24. The van der Waals surface area contributed by atoms with Crippen LogP contribution in [0.1, 0.15) is 122 Å². The van der Waals surface area contributed by atoms with Crippen molar-refractivity contribution in [1.29, 1.82) is 0 Å². The number of aromatic nitrogens is 1. The van der Waals surface area contributed by atoms with Gasteiger partial charge in [0, 0.05) is 12.6 Å². The number of pyridine rings is 1. The summed E-state index contributed by atoms with van der Waals surface area (Å²) in [6.07, 6.45) is 21.8. The maximum Gasteiger partial charge on any atom is 0.308 e. The predicted octanol–water partition coefficient (Wildman–Crippen LogP) is 6.85. The molecule has 0 spiro atoms. The first-order valence-corrected chi connectivity index (χ1v) is 13.0. The van der Waals surface area contributed by atoms with Crippen molar-refractivity contribution in [2.75, 3.05) is 6.54 Å². The molecule has 0 saturated carbocycles. The molecule has 0 aliphatic heterocycles. The van der Waals surface area contributed by atoms with Crippen molar-refractivity contribution in [3.05, 3.63) is 30.1 Å². The molecule has 1 aromatic rings. The third kappa shape index (κ3) is 12.3. The third-order valence-electron chi connectivity index (χ3n) is 5.91. The van der Waals surface area contributed by atoms with Gasteiger partial charge in [0.15, 0.2) is 6.29 Å². The van der Waals surface area contributed by atoms with Gasteiger partial charge in [-0.2, -0.15) is 0 Å². The minimum absolute atomic E-state index is 0.325. The first-order chi connectivity index (χ1) is 15.7. The lowest BCUT2D eigenvalue weighted by Crippen LogP contribution is -2.48. The number of aldehydes is 1. The van der Waals surface area contributed by atoms with Crippen LogP contribution in [0.4, 0.5) is 0 Å². The molecule has 0 aromatic carbocycles. The number of rotatable bonds is 21. The van der Waals surface area contributed by atoms with Gasteiger partial charge in [-0.05, 0) is 25.1 Å². The summed E-state index contributed by atoms with van der Waals surface area (Å²) >= 11 is 0. The Morgan fingerprint density at radius 3 is 1.84 bits per heavy atom. The number of ether oxygens (including phenoxy) is 1. The summed E-state index contributed by atoms with van der Waals surface area (Å²) in [7, 11) is 0. The molecule has 1 aromatic heterocycles. The third-order valence-corrected chi connectivity index (χ3v) is 5.91. The zero-order chi connectivity index (χ0) is 23.3.